The van der Waals surface area contributed by atoms with Gasteiger partial charge in [0.15, 0.2) is 0 Å². The van der Waals surface area contributed by atoms with Crippen LogP contribution in [-0.2, 0) is 5.41 Å². The summed E-state index contributed by atoms with van der Waals surface area (Å²) in [6.07, 6.45) is 17.9. The minimum absolute atomic E-state index is 0.854. The van der Waals surface area contributed by atoms with E-state index in [9.17, 15) is 0 Å². The summed E-state index contributed by atoms with van der Waals surface area (Å²) in [5, 5.41) is 0. The molecule has 400 valence electrons. The van der Waals surface area contributed by atoms with E-state index in [-0.39, 0.29) is 0 Å². The number of anilines is 12. The van der Waals surface area contributed by atoms with Gasteiger partial charge >= 0.3 is 0 Å². The highest BCUT2D eigenvalue weighted by Crippen LogP contribution is 2.52. The highest BCUT2D eigenvalue weighted by Gasteiger charge is 2.40. The average Bonchev–Trinajstić information content (AvgIpc) is 3.76. The van der Waals surface area contributed by atoms with E-state index < -0.39 is 5.41 Å². The van der Waals surface area contributed by atoms with Crippen LogP contribution in [0.25, 0.3) is 48.6 Å². The lowest BCUT2D eigenvalue weighted by molar-refractivity contribution is 0.745. The van der Waals surface area contributed by atoms with Crippen molar-refractivity contribution < 1.29 is 0 Å². The standard InChI is InChI=1S/C81H56N4/c1-9-25-73-57(17-1)33-34-58-18-2-10-26-74(58)82(73)69-49-41-65(42-50-69)81(66-43-51-70(52-44-66)83-75-27-11-3-19-59(75)35-36-60-20-4-12-28-76(60)83,67-45-53-71(54-46-67)84-77-29-13-5-21-61(77)37-38-62-22-6-14-30-78(62)84)68-47-55-72(56-48-68)85-79-31-15-7-23-63(79)39-40-64-24-8-16-32-80(64)85/h1-56H. The number of fused-ring (bicyclic) bond motifs is 8. The molecule has 0 saturated heterocycles. The first kappa shape index (κ1) is 49.6. The fourth-order valence-corrected chi connectivity index (χ4v) is 13.4. The van der Waals surface area contributed by atoms with Gasteiger partial charge in [0.25, 0.3) is 0 Å². The molecule has 12 aromatic rings. The van der Waals surface area contributed by atoms with Crippen molar-refractivity contribution in [3.63, 3.8) is 0 Å². The lowest BCUT2D eigenvalue weighted by Gasteiger charge is -2.38. The van der Waals surface area contributed by atoms with Crippen molar-refractivity contribution in [2.24, 2.45) is 0 Å². The smallest absolute Gasteiger partial charge is 0.0701 e. The number of nitrogens with zero attached hydrogens (tertiary/aromatic N) is 4. The van der Waals surface area contributed by atoms with Crippen LogP contribution in [-0.4, -0.2) is 0 Å². The first-order valence-corrected chi connectivity index (χ1v) is 29.2. The van der Waals surface area contributed by atoms with Crippen LogP contribution in [0, 0.1) is 0 Å². The van der Waals surface area contributed by atoms with Crippen LogP contribution in [0.5, 0.6) is 0 Å². The highest BCUT2D eigenvalue weighted by atomic mass is 15.2. The molecule has 12 aromatic carbocycles. The first-order chi connectivity index (χ1) is 42.2. The number of benzene rings is 12. The molecule has 4 aliphatic rings. The molecule has 4 aliphatic heterocycles. The number of hydrogen-bond acceptors (Lipinski definition) is 4. The second-order valence-corrected chi connectivity index (χ2v) is 22.1. The maximum Gasteiger partial charge on any atom is 0.0701 e. The molecule has 4 nitrogen and oxygen atoms in total. The molecule has 0 saturated carbocycles. The van der Waals surface area contributed by atoms with Gasteiger partial charge in [-0.15, -0.1) is 0 Å². The van der Waals surface area contributed by atoms with Gasteiger partial charge in [0.2, 0.25) is 0 Å². The maximum atomic E-state index is 2.41. The van der Waals surface area contributed by atoms with Gasteiger partial charge in [0, 0.05) is 22.7 Å². The van der Waals surface area contributed by atoms with Gasteiger partial charge in [-0.05, 0) is 164 Å². The molecule has 4 heterocycles. The lowest BCUT2D eigenvalue weighted by Crippen LogP contribution is -2.31. The van der Waals surface area contributed by atoms with Crippen molar-refractivity contribution in [1.29, 1.82) is 0 Å². The molecule has 0 bridgehead atoms. The summed E-state index contributed by atoms with van der Waals surface area (Å²) in [5.74, 6) is 0. The molecule has 16 rings (SSSR count). The molecule has 0 spiro atoms. The number of rotatable bonds is 8. The number of para-hydroxylation sites is 8. The Kier molecular flexibility index (Phi) is 12.1. The van der Waals surface area contributed by atoms with Gasteiger partial charge in [-0.25, -0.2) is 0 Å². The van der Waals surface area contributed by atoms with E-state index in [0.717, 1.165) is 90.5 Å². The summed E-state index contributed by atoms with van der Waals surface area (Å²) in [5.41, 5.74) is 26.4. The minimum Gasteiger partial charge on any atom is -0.309 e. The Bertz CT molecular complexity index is 3860. The quantitative estimate of drug-likeness (QED) is 0.141. The fraction of sp³-hybridized carbons (Fsp3) is 0.0123. The Labute approximate surface area is 497 Å². The van der Waals surface area contributed by atoms with E-state index in [1.165, 1.54) is 44.5 Å². The van der Waals surface area contributed by atoms with Crippen molar-refractivity contribution in [2.75, 3.05) is 19.6 Å². The summed E-state index contributed by atoms with van der Waals surface area (Å²) >= 11 is 0. The Morgan fingerprint density at radius 1 is 0.153 bits per heavy atom. The second-order valence-electron chi connectivity index (χ2n) is 22.1. The summed E-state index contributed by atoms with van der Waals surface area (Å²) in [6, 6.07) is 107. The maximum absolute atomic E-state index is 2.41. The van der Waals surface area contributed by atoms with Crippen LogP contribution >= 0.6 is 0 Å². The van der Waals surface area contributed by atoms with Crippen LogP contribution in [0.2, 0.25) is 0 Å². The van der Waals surface area contributed by atoms with Crippen molar-refractivity contribution >= 4 is 117 Å². The van der Waals surface area contributed by atoms with Crippen LogP contribution in [0.15, 0.2) is 291 Å². The van der Waals surface area contributed by atoms with Crippen LogP contribution in [0.1, 0.15) is 66.8 Å². The molecule has 0 aliphatic carbocycles. The second kappa shape index (κ2) is 20.7. The van der Waals surface area contributed by atoms with Gasteiger partial charge in [-0.2, -0.15) is 0 Å². The third kappa shape index (κ3) is 8.37. The van der Waals surface area contributed by atoms with Crippen LogP contribution in [0.3, 0.4) is 0 Å². The predicted octanol–water partition coefficient (Wildman–Crippen LogP) is 21.9. The molecular formula is C81H56N4. The van der Waals surface area contributed by atoms with Crippen LogP contribution < -0.4 is 19.6 Å². The molecule has 85 heavy (non-hydrogen) atoms. The zero-order chi connectivity index (χ0) is 56.3. The van der Waals surface area contributed by atoms with E-state index in [2.05, 4.69) is 359 Å². The van der Waals surface area contributed by atoms with E-state index in [0.29, 0.717) is 0 Å². The Hall–Kier alpha value is -11.2. The van der Waals surface area contributed by atoms with E-state index in [4.69, 9.17) is 0 Å². The molecule has 0 aromatic heterocycles. The summed E-state index contributed by atoms with van der Waals surface area (Å²) in [4.78, 5) is 9.66. The topological polar surface area (TPSA) is 13.0 Å². The van der Waals surface area contributed by atoms with Crippen molar-refractivity contribution in [3.8, 4) is 0 Å². The Balaban J connectivity index is 0.927. The van der Waals surface area contributed by atoms with Gasteiger partial charge in [0.1, 0.15) is 0 Å². The van der Waals surface area contributed by atoms with Crippen molar-refractivity contribution in [2.45, 2.75) is 5.41 Å². The minimum atomic E-state index is -0.854. The first-order valence-electron chi connectivity index (χ1n) is 29.2. The van der Waals surface area contributed by atoms with Crippen molar-refractivity contribution in [3.05, 3.63) is 358 Å². The average molecular weight is 1090 g/mol. The molecule has 0 unspecified atom stereocenters. The Morgan fingerprint density at radius 2 is 0.294 bits per heavy atom. The molecular weight excluding hydrogens is 1030 g/mol. The van der Waals surface area contributed by atoms with Crippen LogP contribution in [0.4, 0.5) is 68.2 Å². The SMILES string of the molecule is C1=Cc2ccccc2N(c2ccc(C(c3ccc(N4c5ccccc5C=Cc5ccccc54)cc3)(c3ccc(N4c5ccccc5C=Cc5ccccc54)cc3)c3ccc(N4c5ccccc5C=Cc5ccccc54)cc3)cc2)c2ccccc21. The number of hydrogen-bond donors (Lipinski definition) is 0. The largest absolute Gasteiger partial charge is 0.309 e. The highest BCUT2D eigenvalue weighted by molar-refractivity contribution is 5.97. The molecule has 0 atom stereocenters. The Morgan fingerprint density at radius 3 is 0.447 bits per heavy atom. The third-order valence-corrected chi connectivity index (χ3v) is 17.4. The molecule has 4 heteroatoms. The van der Waals surface area contributed by atoms with Crippen molar-refractivity contribution in [1.82, 2.24) is 0 Å². The molecule has 0 N–H and O–H groups in total. The third-order valence-electron chi connectivity index (χ3n) is 17.4. The zero-order valence-electron chi connectivity index (χ0n) is 46.6. The van der Waals surface area contributed by atoms with E-state index in [1.807, 2.05) is 0 Å². The van der Waals surface area contributed by atoms with Gasteiger partial charge in [-0.3, -0.25) is 0 Å². The van der Waals surface area contributed by atoms with Gasteiger partial charge in [-0.1, -0.05) is 243 Å². The summed E-state index contributed by atoms with van der Waals surface area (Å²) < 4.78 is 0. The van der Waals surface area contributed by atoms with E-state index in [1.54, 1.807) is 0 Å². The monoisotopic (exact) mass is 1080 g/mol. The molecule has 0 amide bonds. The lowest BCUT2D eigenvalue weighted by atomic mass is 9.65. The molecule has 0 fully saturated rings. The molecule has 0 radical (unpaired) electrons. The predicted molar refractivity (Wildman–Crippen MR) is 359 cm³/mol. The normalized spacial score (nSPS) is 13.4. The zero-order valence-corrected chi connectivity index (χ0v) is 46.6. The van der Waals surface area contributed by atoms with E-state index >= 15 is 0 Å². The van der Waals surface area contributed by atoms with Gasteiger partial charge < -0.3 is 19.6 Å². The summed E-state index contributed by atoms with van der Waals surface area (Å²) in [6.45, 7) is 0. The summed E-state index contributed by atoms with van der Waals surface area (Å²) in [7, 11) is 0. The fourth-order valence-electron chi connectivity index (χ4n) is 13.4. The van der Waals surface area contributed by atoms with Gasteiger partial charge in [0.05, 0.1) is 50.9 Å².